The van der Waals surface area contributed by atoms with Crippen LogP contribution in [-0.2, 0) is 0 Å². The molecule has 2 nitrogen and oxygen atoms in total. The van der Waals surface area contributed by atoms with Gasteiger partial charge in [-0.25, -0.2) is 4.39 Å². The molecule has 0 atom stereocenters. The molecule has 1 rings (SSSR count). The number of carbonyl (C=O) groups excluding carboxylic acids is 1. The number of Topliss-reactive ketones (excluding diaryl/α,β-unsaturated/α-hetero) is 1. The van der Waals surface area contributed by atoms with Crippen molar-refractivity contribution >= 4 is 5.78 Å². The summed E-state index contributed by atoms with van der Waals surface area (Å²) >= 11 is 0. The van der Waals surface area contributed by atoms with E-state index < -0.39 is 29.1 Å². The Morgan fingerprint density at radius 3 is 2.42 bits per heavy atom. The minimum Gasteiger partial charge on any atom is -0.294 e. The highest BCUT2D eigenvalue weighted by molar-refractivity contribution is 5.93. The molecule has 0 aliphatic heterocycles. The van der Waals surface area contributed by atoms with Crippen LogP contribution in [0.2, 0.25) is 0 Å². The lowest BCUT2D eigenvalue weighted by Gasteiger charge is -1.97. The maximum absolute atomic E-state index is 12.5. The maximum atomic E-state index is 12.5. The first-order valence-electron chi connectivity index (χ1n) is 3.05. The Labute approximate surface area is 66.0 Å². The molecule has 1 aromatic rings. The molecule has 0 aliphatic rings. The molecule has 0 bridgehead atoms. The van der Waals surface area contributed by atoms with Crippen molar-refractivity contribution in [2.45, 2.75) is 6.92 Å². The van der Waals surface area contributed by atoms with Crippen LogP contribution in [0.15, 0.2) is 6.07 Å². The Balaban J connectivity index is 3.33. The zero-order chi connectivity index (χ0) is 9.30. The number of aromatic nitrogens is 1. The van der Waals surface area contributed by atoms with Crippen LogP contribution in [0, 0.1) is 17.7 Å². The van der Waals surface area contributed by atoms with Gasteiger partial charge in [-0.05, 0) is 13.0 Å². The average molecular weight is 175 g/mol. The van der Waals surface area contributed by atoms with Gasteiger partial charge in [0.15, 0.2) is 11.6 Å². The van der Waals surface area contributed by atoms with Crippen LogP contribution in [0.5, 0.6) is 0 Å². The minimum atomic E-state index is -1.54. The highest BCUT2D eigenvalue weighted by Gasteiger charge is 2.13. The predicted octanol–water partition coefficient (Wildman–Crippen LogP) is 1.70. The standard InChI is InChI=1S/C7H4F3NO/c1-3(12)4-2-5(8)7(10)11-6(4)9/h2H,1H3. The molecule has 0 fully saturated rings. The highest BCUT2D eigenvalue weighted by Crippen LogP contribution is 2.10. The van der Waals surface area contributed by atoms with E-state index in [9.17, 15) is 18.0 Å². The van der Waals surface area contributed by atoms with Gasteiger partial charge >= 0.3 is 0 Å². The Morgan fingerprint density at radius 1 is 1.33 bits per heavy atom. The van der Waals surface area contributed by atoms with Gasteiger partial charge in [0.1, 0.15) is 0 Å². The predicted molar refractivity (Wildman–Crippen MR) is 34.1 cm³/mol. The number of nitrogens with zero attached hydrogens (tertiary/aromatic N) is 1. The van der Waals surface area contributed by atoms with E-state index in [1.54, 1.807) is 0 Å². The van der Waals surface area contributed by atoms with Crippen LogP contribution in [0.25, 0.3) is 0 Å². The Hall–Kier alpha value is -1.39. The largest absolute Gasteiger partial charge is 0.294 e. The van der Waals surface area contributed by atoms with Crippen LogP contribution in [-0.4, -0.2) is 10.8 Å². The summed E-state index contributed by atoms with van der Waals surface area (Å²) in [6.45, 7) is 1.04. The fourth-order valence-corrected chi connectivity index (χ4v) is 0.693. The fraction of sp³-hybridized carbons (Fsp3) is 0.143. The van der Waals surface area contributed by atoms with Gasteiger partial charge in [-0.2, -0.15) is 13.8 Å². The van der Waals surface area contributed by atoms with Crippen molar-refractivity contribution in [3.8, 4) is 0 Å². The smallest absolute Gasteiger partial charge is 0.251 e. The monoisotopic (exact) mass is 175 g/mol. The lowest BCUT2D eigenvalue weighted by Crippen LogP contribution is -2.03. The van der Waals surface area contributed by atoms with E-state index in [1.165, 1.54) is 0 Å². The molecule has 64 valence electrons. The molecule has 0 radical (unpaired) electrons. The molecule has 1 heterocycles. The SMILES string of the molecule is CC(=O)c1cc(F)c(F)nc1F. The number of halogens is 3. The quantitative estimate of drug-likeness (QED) is 0.480. The second-order valence-corrected chi connectivity index (χ2v) is 2.16. The molecule has 0 N–H and O–H groups in total. The van der Waals surface area contributed by atoms with E-state index in [2.05, 4.69) is 4.98 Å². The van der Waals surface area contributed by atoms with Crippen LogP contribution >= 0.6 is 0 Å². The molecule has 0 aromatic carbocycles. The number of ketones is 1. The molecule has 0 unspecified atom stereocenters. The van der Waals surface area contributed by atoms with Gasteiger partial charge in [-0.3, -0.25) is 4.79 Å². The van der Waals surface area contributed by atoms with Gasteiger partial charge in [-0.15, -0.1) is 0 Å². The summed E-state index contributed by atoms with van der Waals surface area (Å²) in [5.74, 6) is -4.86. The number of rotatable bonds is 1. The molecule has 5 heteroatoms. The summed E-state index contributed by atoms with van der Waals surface area (Å²) in [6.07, 6.45) is 0. The van der Waals surface area contributed by atoms with Gasteiger partial charge in [0.2, 0.25) is 5.95 Å². The molecular formula is C7H4F3NO. The maximum Gasteiger partial charge on any atom is 0.251 e. The van der Waals surface area contributed by atoms with E-state index in [1.807, 2.05) is 0 Å². The number of carbonyl (C=O) groups is 1. The molecule has 12 heavy (non-hydrogen) atoms. The first-order valence-corrected chi connectivity index (χ1v) is 3.05. The summed E-state index contributed by atoms with van der Waals surface area (Å²) in [5, 5.41) is 0. The van der Waals surface area contributed by atoms with Crippen molar-refractivity contribution in [3.05, 3.63) is 29.3 Å². The lowest BCUT2D eigenvalue weighted by atomic mass is 10.2. The molecule has 0 saturated carbocycles. The minimum absolute atomic E-state index is 0.486. The summed E-state index contributed by atoms with van der Waals surface area (Å²) in [4.78, 5) is 13.1. The van der Waals surface area contributed by atoms with Crippen molar-refractivity contribution in [2.75, 3.05) is 0 Å². The third-order valence-corrected chi connectivity index (χ3v) is 1.27. The molecule has 1 aromatic heterocycles. The summed E-state index contributed by atoms with van der Waals surface area (Å²) in [6, 6.07) is 0.486. The van der Waals surface area contributed by atoms with Crippen molar-refractivity contribution in [1.29, 1.82) is 0 Å². The number of hydrogen-bond acceptors (Lipinski definition) is 2. The third-order valence-electron chi connectivity index (χ3n) is 1.27. The summed E-state index contributed by atoms with van der Waals surface area (Å²) < 4.78 is 37.1. The fourth-order valence-electron chi connectivity index (χ4n) is 0.693. The highest BCUT2D eigenvalue weighted by atomic mass is 19.2. The second kappa shape index (κ2) is 2.92. The van der Waals surface area contributed by atoms with E-state index in [4.69, 9.17) is 0 Å². The van der Waals surface area contributed by atoms with Crippen molar-refractivity contribution in [3.63, 3.8) is 0 Å². The molecule has 0 spiro atoms. The zero-order valence-electron chi connectivity index (χ0n) is 6.07. The van der Waals surface area contributed by atoms with E-state index in [0.29, 0.717) is 6.07 Å². The Morgan fingerprint density at radius 2 is 1.92 bits per heavy atom. The van der Waals surface area contributed by atoms with Crippen LogP contribution in [0.3, 0.4) is 0 Å². The first-order chi connectivity index (χ1) is 5.52. The average Bonchev–Trinajstić information content (AvgIpc) is 1.96. The Bertz CT molecular complexity index is 338. The van der Waals surface area contributed by atoms with Gasteiger partial charge < -0.3 is 0 Å². The lowest BCUT2D eigenvalue weighted by molar-refractivity contribution is 0.101. The van der Waals surface area contributed by atoms with Crippen molar-refractivity contribution < 1.29 is 18.0 Å². The molecule has 0 aliphatic carbocycles. The second-order valence-electron chi connectivity index (χ2n) is 2.16. The van der Waals surface area contributed by atoms with Crippen molar-refractivity contribution in [2.24, 2.45) is 0 Å². The normalized spacial score (nSPS) is 10.0. The van der Waals surface area contributed by atoms with Crippen LogP contribution in [0.4, 0.5) is 13.2 Å². The Kier molecular flexibility index (Phi) is 2.12. The van der Waals surface area contributed by atoms with E-state index >= 15 is 0 Å². The summed E-state index contributed by atoms with van der Waals surface area (Å²) in [7, 11) is 0. The topological polar surface area (TPSA) is 30.0 Å². The number of hydrogen-bond donors (Lipinski definition) is 0. The zero-order valence-corrected chi connectivity index (χ0v) is 6.07. The molecule has 0 amide bonds. The first kappa shape index (κ1) is 8.70. The third kappa shape index (κ3) is 1.44. The summed E-state index contributed by atoms with van der Waals surface area (Å²) in [5.41, 5.74) is -0.547. The molecular weight excluding hydrogens is 171 g/mol. The van der Waals surface area contributed by atoms with E-state index in [0.717, 1.165) is 6.92 Å². The van der Waals surface area contributed by atoms with Crippen LogP contribution < -0.4 is 0 Å². The molecule has 0 saturated heterocycles. The van der Waals surface area contributed by atoms with Gasteiger partial charge in [0.05, 0.1) is 5.56 Å². The van der Waals surface area contributed by atoms with Crippen molar-refractivity contribution in [1.82, 2.24) is 4.98 Å². The number of pyridine rings is 1. The van der Waals surface area contributed by atoms with Gasteiger partial charge in [0.25, 0.3) is 5.95 Å². The van der Waals surface area contributed by atoms with E-state index in [-0.39, 0.29) is 0 Å². The van der Waals surface area contributed by atoms with Crippen LogP contribution in [0.1, 0.15) is 17.3 Å². The van der Waals surface area contributed by atoms with Gasteiger partial charge in [-0.1, -0.05) is 0 Å². The van der Waals surface area contributed by atoms with Gasteiger partial charge in [0, 0.05) is 0 Å².